The van der Waals surface area contributed by atoms with Gasteiger partial charge in [-0.1, -0.05) is 249 Å². The molecule has 1 amide bonds. The quantitative estimate of drug-likeness (QED) is 0.0204. The molecule has 2 aliphatic heterocycles. The van der Waals surface area contributed by atoms with Gasteiger partial charge in [-0.2, -0.15) is 0 Å². The summed E-state index contributed by atoms with van der Waals surface area (Å²) in [7, 11) is 0. The fourth-order valence-corrected chi connectivity index (χ4v) is 10.7. The highest BCUT2D eigenvalue weighted by atomic mass is 16.7. The van der Waals surface area contributed by atoms with E-state index in [0.717, 1.165) is 77.0 Å². The van der Waals surface area contributed by atoms with Gasteiger partial charge < -0.3 is 65.1 Å². The lowest BCUT2D eigenvalue weighted by molar-refractivity contribution is -0.359. The Bertz CT molecular complexity index is 1450. The maximum absolute atomic E-state index is 13.3. The van der Waals surface area contributed by atoms with Crippen LogP contribution < -0.4 is 5.32 Å². The third-order valence-corrected chi connectivity index (χ3v) is 15.9. The zero-order valence-corrected chi connectivity index (χ0v) is 49.4. The molecular weight excluding hydrogens is 991 g/mol. The number of hydrogen-bond donors (Lipinski definition) is 9. The lowest BCUT2D eigenvalue weighted by atomic mass is 9.97. The largest absolute Gasteiger partial charge is 0.394 e. The SMILES string of the molecule is CCCCC/C=C\C/C=C\C/C=C\CCCCCCCCC(=O)NC(COC1OC(CO)C(OC2OC(CO)C(O)C(O)C2O)C(O)C1O)C(O)CCCCCCCCCCCCCCCCCCCCCCCCCCC. The molecule has 12 unspecified atom stereocenters. The first-order valence-corrected chi connectivity index (χ1v) is 32.2. The number of carbonyl (C=O) groups excluding carboxylic acids is 1. The number of allylic oxidation sites excluding steroid dienone is 6. The van der Waals surface area contributed by atoms with Crippen LogP contribution in [0.5, 0.6) is 0 Å². The summed E-state index contributed by atoms with van der Waals surface area (Å²) in [5, 5.41) is 87.4. The molecule has 0 bridgehead atoms. The summed E-state index contributed by atoms with van der Waals surface area (Å²) in [6.45, 7) is 2.85. The number of aliphatic hydroxyl groups is 8. The van der Waals surface area contributed by atoms with Crippen LogP contribution in [-0.4, -0.2) is 140 Å². The number of hydrogen-bond acceptors (Lipinski definition) is 13. The van der Waals surface area contributed by atoms with Crippen LogP contribution in [0, 0.1) is 0 Å². The Balaban J connectivity index is 1.72. The van der Waals surface area contributed by atoms with Crippen LogP contribution in [-0.2, 0) is 23.7 Å². The lowest BCUT2D eigenvalue weighted by Gasteiger charge is -2.46. The van der Waals surface area contributed by atoms with Crippen molar-refractivity contribution in [2.45, 2.75) is 344 Å². The van der Waals surface area contributed by atoms with Crippen LogP contribution in [0.4, 0.5) is 0 Å². The van der Waals surface area contributed by atoms with Crippen molar-refractivity contribution < 1.29 is 64.6 Å². The van der Waals surface area contributed by atoms with Crippen LogP contribution in [0.2, 0.25) is 0 Å². The molecule has 14 nitrogen and oxygen atoms in total. The lowest BCUT2D eigenvalue weighted by Crippen LogP contribution is -2.65. The first-order valence-electron chi connectivity index (χ1n) is 32.2. The van der Waals surface area contributed by atoms with Gasteiger partial charge in [0.25, 0.3) is 0 Å². The second-order valence-corrected chi connectivity index (χ2v) is 22.9. The number of nitrogens with one attached hydrogen (secondary N) is 1. The molecule has 14 heteroatoms. The van der Waals surface area contributed by atoms with Crippen molar-refractivity contribution in [3.05, 3.63) is 36.5 Å². The molecule has 2 rings (SSSR count). The van der Waals surface area contributed by atoms with Crippen LogP contribution in [0.1, 0.15) is 271 Å². The van der Waals surface area contributed by atoms with E-state index < -0.39 is 86.8 Å². The molecule has 2 heterocycles. The van der Waals surface area contributed by atoms with Crippen molar-refractivity contribution in [2.24, 2.45) is 0 Å². The van der Waals surface area contributed by atoms with Crippen molar-refractivity contribution in [2.75, 3.05) is 19.8 Å². The molecule has 0 saturated carbocycles. The first-order chi connectivity index (χ1) is 38.1. The van der Waals surface area contributed by atoms with E-state index in [1.54, 1.807) is 0 Å². The molecule has 458 valence electrons. The van der Waals surface area contributed by atoms with Gasteiger partial charge >= 0.3 is 0 Å². The molecule has 0 aromatic heterocycles. The van der Waals surface area contributed by atoms with E-state index in [2.05, 4.69) is 55.6 Å². The molecule has 0 spiro atoms. The van der Waals surface area contributed by atoms with E-state index in [4.69, 9.17) is 18.9 Å². The van der Waals surface area contributed by atoms with Crippen molar-refractivity contribution in [3.63, 3.8) is 0 Å². The fourth-order valence-electron chi connectivity index (χ4n) is 10.7. The minimum Gasteiger partial charge on any atom is -0.394 e. The maximum Gasteiger partial charge on any atom is 0.220 e. The molecule has 2 fully saturated rings. The molecule has 2 aliphatic rings. The van der Waals surface area contributed by atoms with Crippen LogP contribution in [0.15, 0.2) is 36.5 Å². The highest BCUT2D eigenvalue weighted by molar-refractivity contribution is 5.76. The van der Waals surface area contributed by atoms with Crippen LogP contribution in [0.3, 0.4) is 0 Å². The van der Waals surface area contributed by atoms with E-state index in [-0.39, 0.29) is 12.5 Å². The van der Waals surface area contributed by atoms with Crippen molar-refractivity contribution in [1.29, 1.82) is 0 Å². The van der Waals surface area contributed by atoms with Gasteiger partial charge in [0, 0.05) is 6.42 Å². The fraction of sp³-hybridized carbons (Fsp3) is 0.891. The second-order valence-electron chi connectivity index (χ2n) is 22.9. The average Bonchev–Trinajstić information content (AvgIpc) is 3.48. The Hall–Kier alpha value is -1.79. The summed E-state index contributed by atoms with van der Waals surface area (Å²) in [5.74, 6) is -0.217. The molecule has 12 atom stereocenters. The number of amides is 1. The molecule has 0 aromatic carbocycles. The van der Waals surface area contributed by atoms with Gasteiger partial charge in [-0.3, -0.25) is 4.79 Å². The molecular formula is C64H119NO13. The van der Waals surface area contributed by atoms with E-state index in [9.17, 15) is 45.6 Å². The molecule has 0 aliphatic carbocycles. The predicted octanol–water partition coefficient (Wildman–Crippen LogP) is 11.8. The smallest absolute Gasteiger partial charge is 0.220 e. The van der Waals surface area contributed by atoms with Crippen molar-refractivity contribution in [1.82, 2.24) is 5.32 Å². The minimum absolute atomic E-state index is 0.217. The summed E-state index contributed by atoms with van der Waals surface area (Å²) in [4.78, 5) is 13.3. The summed E-state index contributed by atoms with van der Waals surface area (Å²) in [6.07, 6.45) is 44.3. The van der Waals surface area contributed by atoms with Gasteiger partial charge in [0.2, 0.25) is 5.91 Å². The minimum atomic E-state index is -1.78. The van der Waals surface area contributed by atoms with Gasteiger partial charge in [0.05, 0.1) is 32.0 Å². The Kier molecular flexibility index (Phi) is 46.2. The number of carbonyl (C=O) groups is 1. The summed E-state index contributed by atoms with van der Waals surface area (Å²) in [5.41, 5.74) is 0. The number of ether oxygens (including phenoxy) is 4. The second kappa shape index (κ2) is 49.8. The molecule has 9 N–H and O–H groups in total. The van der Waals surface area contributed by atoms with Gasteiger partial charge in [-0.15, -0.1) is 0 Å². The highest BCUT2D eigenvalue weighted by Crippen LogP contribution is 2.30. The van der Waals surface area contributed by atoms with Gasteiger partial charge in [0.1, 0.15) is 48.8 Å². The molecule has 0 radical (unpaired) electrons. The molecule has 2 saturated heterocycles. The number of unbranched alkanes of at least 4 members (excludes halogenated alkanes) is 33. The number of rotatable bonds is 52. The summed E-state index contributed by atoms with van der Waals surface area (Å²) >= 11 is 0. The van der Waals surface area contributed by atoms with E-state index in [1.807, 2.05) is 0 Å². The summed E-state index contributed by atoms with van der Waals surface area (Å²) in [6, 6.07) is -0.837. The first kappa shape index (κ1) is 72.3. The third-order valence-electron chi connectivity index (χ3n) is 15.9. The third kappa shape index (κ3) is 34.6. The normalized spacial score (nSPS) is 24.7. The molecule has 78 heavy (non-hydrogen) atoms. The zero-order chi connectivity index (χ0) is 56.7. The summed E-state index contributed by atoms with van der Waals surface area (Å²) < 4.78 is 22.9. The average molecular weight is 1110 g/mol. The predicted molar refractivity (Wildman–Crippen MR) is 314 cm³/mol. The highest BCUT2D eigenvalue weighted by Gasteiger charge is 2.51. The Labute approximate surface area is 474 Å². The number of aliphatic hydroxyl groups excluding tert-OH is 8. The van der Waals surface area contributed by atoms with Crippen molar-refractivity contribution >= 4 is 5.91 Å². The topological polar surface area (TPSA) is 228 Å². The van der Waals surface area contributed by atoms with Crippen LogP contribution in [0.25, 0.3) is 0 Å². The standard InChI is InChI=1S/C64H119NO13/c1-3-5-7-9-11-13-15-17-19-21-23-24-25-26-27-28-30-31-33-35-37-39-41-43-45-47-53(68)52(65-56(69)48-46-44-42-40-38-36-34-32-29-22-20-18-16-14-12-10-8-6-4-2)51-75-63-61(74)59(72)62(55(50-67)77-63)78-64-60(73)58(71)57(70)54(49-66)76-64/h12,14,18,20,29,32,52-55,57-64,66-68,70-74H,3-11,13,15-17,19,21-28,30-31,33-51H2,1-2H3,(H,65,69)/b14-12-,20-18-,32-29-. The zero-order valence-electron chi connectivity index (χ0n) is 49.4. The Morgan fingerprint density at radius 2 is 0.846 bits per heavy atom. The Morgan fingerprint density at radius 3 is 1.32 bits per heavy atom. The monoisotopic (exact) mass is 1110 g/mol. The van der Waals surface area contributed by atoms with Gasteiger partial charge in [0.15, 0.2) is 12.6 Å². The van der Waals surface area contributed by atoms with Crippen LogP contribution >= 0.6 is 0 Å². The van der Waals surface area contributed by atoms with E-state index >= 15 is 0 Å². The molecule has 0 aromatic rings. The van der Waals surface area contributed by atoms with Gasteiger partial charge in [-0.25, -0.2) is 0 Å². The van der Waals surface area contributed by atoms with E-state index in [0.29, 0.717) is 19.3 Å². The van der Waals surface area contributed by atoms with Gasteiger partial charge in [-0.05, 0) is 51.4 Å². The maximum atomic E-state index is 13.3. The Morgan fingerprint density at radius 1 is 0.462 bits per heavy atom. The van der Waals surface area contributed by atoms with Crippen molar-refractivity contribution in [3.8, 4) is 0 Å². The van der Waals surface area contributed by atoms with E-state index in [1.165, 1.54) is 161 Å².